The van der Waals surface area contributed by atoms with Crippen molar-refractivity contribution in [2.24, 2.45) is 0 Å². The monoisotopic (exact) mass is 259 g/mol. The van der Waals surface area contributed by atoms with Crippen molar-refractivity contribution in [1.82, 2.24) is 0 Å². The smallest absolute Gasteiger partial charge is 0.343 e. The summed E-state index contributed by atoms with van der Waals surface area (Å²) in [6.45, 7) is 0. The van der Waals surface area contributed by atoms with Gasteiger partial charge < -0.3 is 9.84 Å². The summed E-state index contributed by atoms with van der Waals surface area (Å²) in [5.41, 5.74) is -0.186. The number of nitro groups is 1. The Bertz CT molecular complexity index is 624. The molecule has 0 aliphatic rings. The third-order valence-electron chi connectivity index (χ3n) is 2.35. The molecule has 6 nitrogen and oxygen atoms in total. The zero-order valence-corrected chi connectivity index (χ0v) is 9.65. The number of benzene rings is 2. The SMILES string of the molecule is O=C(Oc1ccc(O)cc1[N+](=O)[O-])c1ccccc1. The van der Waals surface area contributed by atoms with Crippen LogP contribution in [0.25, 0.3) is 0 Å². The average Bonchev–Trinajstić information content (AvgIpc) is 2.41. The first-order valence-electron chi connectivity index (χ1n) is 5.32. The van der Waals surface area contributed by atoms with Gasteiger partial charge in [-0.3, -0.25) is 10.1 Å². The lowest BCUT2D eigenvalue weighted by atomic mass is 10.2. The Labute approximate surface area is 108 Å². The van der Waals surface area contributed by atoms with Crippen LogP contribution in [0.2, 0.25) is 0 Å². The predicted octanol–water partition coefficient (Wildman–Crippen LogP) is 2.52. The molecule has 6 heteroatoms. The van der Waals surface area contributed by atoms with Crippen LogP contribution in [0.5, 0.6) is 11.5 Å². The van der Waals surface area contributed by atoms with Crippen LogP contribution in [-0.4, -0.2) is 16.0 Å². The molecule has 0 radical (unpaired) electrons. The highest BCUT2D eigenvalue weighted by Crippen LogP contribution is 2.31. The first kappa shape index (κ1) is 12.6. The Morgan fingerprint density at radius 3 is 2.47 bits per heavy atom. The molecule has 0 fully saturated rings. The van der Waals surface area contributed by atoms with E-state index in [1.165, 1.54) is 24.3 Å². The number of nitrogens with zero attached hydrogens (tertiary/aromatic N) is 1. The van der Waals surface area contributed by atoms with E-state index in [4.69, 9.17) is 4.74 Å². The molecule has 2 aromatic carbocycles. The summed E-state index contributed by atoms with van der Waals surface area (Å²) in [4.78, 5) is 21.8. The van der Waals surface area contributed by atoms with Crippen molar-refractivity contribution in [3.8, 4) is 11.5 Å². The molecule has 0 saturated heterocycles. The van der Waals surface area contributed by atoms with Gasteiger partial charge in [-0.15, -0.1) is 0 Å². The molecule has 0 bridgehead atoms. The van der Waals surface area contributed by atoms with E-state index in [0.29, 0.717) is 0 Å². The minimum absolute atomic E-state index is 0.211. The van der Waals surface area contributed by atoms with Crippen LogP contribution in [0.3, 0.4) is 0 Å². The van der Waals surface area contributed by atoms with Gasteiger partial charge in [-0.05, 0) is 24.3 Å². The zero-order valence-electron chi connectivity index (χ0n) is 9.65. The molecule has 0 unspecified atom stereocenters. The molecular weight excluding hydrogens is 250 g/mol. The highest BCUT2D eigenvalue weighted by molar-refractivity contribution is 5.91. The second kappa shape index (κ2) is 5.18. The van der Waals surface area contributed by atoms with E-state index in [9.17, 15) is 20.0 Å². The molecule has 0 aromatic heterocycles. The number of aromatic hydroxyl groups is 1. The quantitative estimate of drug-likeness (QED) is 0.396. The fraction of sp³-hybridized carbons (Fsp3) is 0. The first-order chi connectivity index (χ1) is 9.08. The Morgan fingerprint density at radius 2 is 1.84 bits per heavy atom. The molecule has 1 N–H and O–H groups in total. The summed E-state index contributed by atoms with van der Waals surface area (Å²) in [5, 5.41) is 20.0. The molecule has 19 heavy (non-hydrogen) atoms. The number of hydrogen-bond donors (Lipinski definition) is 1. The lowest BCUT2D eigenvalue weighted by Crippen LogP contribution is -2.09. The number of carbonyl (C=O) groups is 1. The summed E-state index contributed by atoms with van der Waals surface area (Å²) in [7, 11) is 0. The van der Waals surface area contributed by atoms with E-state index < -0.39 is 16.6 Å². The molecule has 0 aliphatic heterocycles. The van der Waals surface area contributed by atoms with E-state index in [1.807, 2.05) is 0 Å². The highest BCUT2D eigenvalue weighted by Gasteiger charge is 2.19. The van der Waals surface area contributed by atoms with Crippen LogP contribution in [0.15, 0.2) is 48.5 Å². The Balaban J connectivity index is 2.29. The van der Waals surface area contributed by atoms with Crippen LogP contribution < -0.4 is 4.74 Å². The molecule has 0 spiro atoms. The van der Waals surface area contributed by atoms with Crippen LogP contribution in [0.4, 0.5) is 5.69 Å². The fourth-order valence-electron chi connectivity index (χ4n) is 1.47. The minimum atomic E-state index is -0.729. The third-order valence-corrected chi connectivity index (χ3v) is 2.35. The van der Waals surface area contributed by atoms with E-state index in [0.717, 1.165) is 6.07 Å². The Hall–Kier alpha value is -2.89. The van der Waals surface area contributed by atoms with E-state index in [1.54, 1.807) is 18.2 Å². The molecule has 2 aromatic rings. The van der Waals surface area contributed by atoms with Crippen molar-refractivity contribution < 1.29 is 19.6 Å². The standard InChI is InChI=1S/C13H9NO5/c15-10-6-7-12(11(8-10)14(17)18)19-13(16)9-4-2-1-3-5-9/h1-8,15H. The summed E-state index contributed by atoms with van der Waals surface area (Å²) >= 11 is 0. The Kier molecular flexibility index (Phi) is 3.42. The van der Waals surface area contributed by atoms with Crippen molar-refractivity contribution in [3.05, 3.63) is 64.2 Å². The second-order valence-electron chi connectivity index (χ2n) is 3.66. The van der Waals surface area contributed by atoms with Crippen LogP contribution in [0.1, 0.15) is 10.4 Å². The summed E-state index contributed by atoms with van der Waals surface area (Å²) < 4.78 is 4.96. The van der Waals surface area contributed by atoms with Gasteiger partial charge in [0, 0.05) is 0 Å². The molecule has 2 rings (SSSR count). The van der Waals surface area contributed by atoms with Crippen molar-refractivity contribution >= 4 is 11.7 Å². The van der Waals surface area contributed by atoms with Gasteiger partial charge in [-0.25, -0.2) is 4.79 Å². The molecule has 0 aliphatic carbocycles. The normalized spacial score (nSPS) is 9.89. The van der Waals surface area contributed by atoms with Gasteiger partial charge in [0.15, 0.2) is 0 Å². The van der Waals surface area contributed by atoms with Gasteiger partial charge in [0.2, 0.25) is 5.75 Å². The summed E-state index contributed by atoms with van der Waals surface area (Å²) in [6.07, 6.45) is 0. The van der Waals surface area contributed by atoms with Crippen molar-refractivity contribution in [2.75, 3.05) is 0 Å². The largest absolute Gasteiger partial charge is 0.508 e. The molecule has 0 amide bonds. The van der Waals surface area contributed by atoms with E-state index in [-0.39, 0.29) is 17.1 Å². The second-order valence-corrected chi connectivity index (χ2v) is 3.66. The van der Waals surface area contributed by atoms with Gasteiger partial charge in [0.1, 0.15) is 5.75 Å². The van der Waals surface area contributed by atoms with Crippen LogP contribution in [-0.2, 0) is 0 Å². The molecule has 0 atom stereocenters. The average molecular weight is 259 g/mol. The van der Waals surface area contributed by atoms with Gasteiger partial charge in [0.25, 0.3) is 0 Å². The number of ether oxygens (including phenoxy) is 1. The number of nitro benzene ring substituents is 1. The maximum absolute atomic E-state index is 11.8. The summed E-state index contributed by atoms with van der Waals surface area (Å²) in [6, 6.07) is 11.4. The molecule has 0 heterocycles. The number of rotatable bonds is 3. The van der Waals surface area contributed by atoms with Gasteiger partial charge >= 0.3 is 11.7 Å². The highest BCUT2D eigenvalue weighted by atomic mass is 16.6. The van der Waals surface area contributed by atoms with Gasteiger partial charge in [-0.1, -0.05) is 18.2 Å². The lowest BCUT2D eigenvalue weighted by molar-refractivity contribution is -0.385. The fourth-order valence-corrected chi connectivity index (χ4v) is 1.47. The van der Waals surface area contributed by atoms with Crippen molar-refractivity contribution in [3.63, 3.8) is 0 Å². The number of esters is 1. The minimum Gasteiger partial charge on any atom is -0.508 e. The molecule has 0 saturated carbocycles. The first-order valence-corrected chi connectivity index (χ1v) is 5.32. The maximum Gasteiger partial charge on any atom is 0.343 e. The number of hydrogen-bond acceptors (Lipinski definition) is 5. The topological polar surface area (TPSA) is 89.7 Å². The predicted molar refractivity (Wildman–Crippen MR) is 66.2 cm³/mol. The number of phenols is 1. The molecule has 96 valence electrons. The van der Waals surface area contributed by atoms with Crippen molar-refractivity contribution in [2.45, 2.75) is 0 Å². The third kappa shape index (κ3) is 2.86. The van der Waals surface area contributed by atoms with Gasteiger partial charge in [0.05, 0.1) is 16.6 Å². The van der Waals surface area contributed by atoms with Gasteiger partial charge in [-0.2, -0.15) is 0 Å². The number of carbonyl (C=O) groups excluding carboxylic acids is 1. The van der Waals surface area contributed by atoms with Crippen LogP contribution >= 0.6 is 0 Å². The lowest BCUT2D eigenvalue weighted by Gasteiger charge is -2.05. The molecular formula is C13H9NO5. The Morgan fingerprint density at radius 1 is 1.16 bits per heavy atom. The van der Waals surface area contributed by atoms with Crippen molar-refractivity contribution in [1.29, 1.82) is 0 Å². The zero-order chi connectivity index (χ0) is 13.8. The van der Waals surface area contributed by atoms with Crippen LogP contribution in [0, 0.1) is 10.1 Å². The summed E-state index contributed by atoms with van der Waals surface area (Å²) in [5.74, 6) is -1.18. The number of phenolic OH excluding ortho intramolecular Hbond substituents is 1. The maximum atomic E-state index is 11.8. The van der Waals surface area contributed by atoms with E-state index >= 15 is 0 Å². The van der Waals surface area contributed by atoms with E-state index in [2.05, 4.69) is 0 Å².